The molecule has 0 aromatic rings. The molecule has 25 heavy (non-hydrogen) atoms. The van der Waals surface area contributed by atoms with E-state index in [2.05, 4.69) is 10.8 Å². The lowest BCUT2D eigenvalue weighted by molar-refractivity contribution is -0.165. The Morgan fingerprint density at radius 2 is 1.64 bits per heavy atom. The summed E-state index contributed by atoms with van der Waals surface area (Å²) in [5, 5.41) is 0. The Balaban J connectivity index is 1.74. The molecule has 0 radical (unpaired) electrons. The zero-order valence-electron chi connectivity index (χ0n) is 13.7. The van der Waals surface area contributed by atoms with E-state index in [1.165, 1.54) is 0 Å². The van der Waals surface area contributed by atoms with Crippen LogP contribution >= 0.6 is 0 Å². The van der Waals surface area contributed by atoms with E-state index in [9.17, 15) is 26.4 Å². The van der Waals surface area contributed by atoms with Crippen LogP contribution in [0.2, 0.25) is 0 Å². The van der Waals surface area contributed by atoms with Gasteiger partial charge in [-0.1, -0.05) is 6.58 Å². The second kappa shape index (κ2) is 5.97. The van der Waals surface area contributed by atoms with Gasteiger partial charge in [0.1, 0.15) is 0 Å². The first-order valence-corrected chi connectivity index (χ1v) is 9.64. The summed E-state index contributed by atoms with van der Waals surface area (Å²) >= 11 is 0. The van der Waals surface area contributed by atoms with Crippen LogP contribution in [-0.4, -0.2) is 33.1 Å². The number of esters is 1. The van der Waals surface area contributed by atoms with E-state index in [1.807, 2.05) is 0 Å². The first-order chi connectivity index (χ1) is 11.5. The smallest absolute Gasteiger partial charge is 0.462 e. The molecule has 4 aliphatic rings. The fourth-order valence-electron chi connectivity index (χ4n) is 5.54. The molecule has 4 bridgehead atoms. The predicted octanol–water partition coefficient (Wildman–Crippen LogP) is 3.17. The number of halogens is 3. The van der Waals surface area contributed by atoms with E-state index >= 15 is 0 Å². The second-order valence-electron chi connectivity index (χ2n) is 7.93. The van der Waals surface area contributed by atoms with Gasteiger partial charge in [0, 0.05) is 11.5 Å². The van der Waals surface area contributed by atoms with Crippen molar-refractivity contribution in [1.29, 1.82) is 0 Å². The van der Waals surface area contributed by atoms with Crippen molar-refractivity contribution in [3.63, 3.8) is 0 Å². The summed E-state index contributed by atoms with van der Waals surface area (Å²) in [5.41, 5.74) is -6.30. The van der Waals surface area contributed by atoms with Crippen LogP contribution in [0.3, 0.4) is 0 Å². The van der Waals surface area contributed by atoms with E-state index < -0.39 is 33.6 Å². The first kappa shape index (κ1) is 18.7. The molecule has 9 heteroatoms. The van der Waals surface area contributed by atoms with Gasteiger partial charge in [0.25, 0.3) is 0 Å². The van der Waals surface area contributed by atoms with Gasteiger partial charge >= 0.3 is 21.6 Å². The summed E-state index contributed by atoms with van der Waals surface area (Å²) < 4.78 is 69.7. The number of rotatable bonds is 6. The lowest BCUT2D eigenvalue weighted by atomic mass is 9.44. The van der Waals surface area contributed by atoms with Gasteiger partial charge in [0.05, 0.1) is 13.2 Å². The van der Waals surface area contributed by atoms with Crippen molar-refractivity contribution in [3.05, 3.63) is 12.7 Å². The zero-order chi connectivity index (χ0) is 18.5. The Morgan fingerprint density at radius 3 is 2.12 bits per heavy atom. The number of ether oxygens (including phenoxy) is 1. The lowest BCUT2D eigenvalue weighted by Crippen LogP contribution is -2.55. The van der Waals surface area contributed by atoms with Crippen molar-refractivity contribution in [2.24, 2.45) is 22.7 Å². The molecule has 0 aromatic heterocycles. The molecule has 0 saturated heterocycles. The Kier molecular flexibility index (Phi) is 4.47. The summed E-state index contributed by atoms with van der Waals surface area (Å²) in [7, 11) is -5.59. The molecule has 5 nitrogen and oxygen atoms in total. The van der Waals surface area contributed by atoms with Crippen LogP contribution in [0.5, 0.6) is 0 Å². The molecule has 4 rings (SSSR count). The third kappa shape index (κ3) is 3.58. The normalized spacial score (nSPS) is 37.1. The van der Waals surface area contributed by atoms with E-state index in [1.54, 1.807) is 0 Å². The Hall–Kier alpha value is -1.09. The highest BCUT2D eigenvalue weighted by molar-refractivity contribution is 7.87. The van der Waals surface area contributed by atoms with Gasteiger partial charge in [-0.25, -0.2) is 4.79 Å². The largest absolute Gasteiger partial charge is 0.523 e. The number of carbonyl (C=O) groups excluding carboxylic acids is 1. The third-order valence-electron chi connectivity index (χ3n) is 5.79. The molecule has 4 fully saturated rings. The van der Waals surface area contributed by atoms with Crippen LogP contribution < -0.4 is 0 Å². The number of hydrogen-bond donors (Lipinski definition) is 0. The van der Waals surface area contributed by atoms with Crippen LogP contribution in [0.25, 0.3) is 0 Å². The monoisotopic (exact) mass is 382 g/mol. The highest BCUT2D eigenvalue weighted by atomic mass is 32.2. The quantitative estimate of drug-likeness (QED) is 0.305. The Morgan fingerprint density at radius 1 is 1.12 bits per heavy atom. The molecule has 0 heterocycles. The van der Waals surface area contributed by atoms with Crippen molar-refractivity contribution >= 4 is 16.1 Å². The van der Waals surface area contributed by atoms with Gasteiger partial charge < -0.3 is 4.74 Å². The zero-order valence-corrected chi connectivity index (χ0v) is 14.5. The Labute approximate surface area is 144 Å². The minimum atomic E-state index is -5.59. The Bertz CT molecular complexity index is 656. The number of hydrogen-bond acceptors (Lipinski definition) is 5. The minimum absolute atomic E-state index is 0.193. The topological polar surface area (TPSA) is 69.7 Å². The molecule has 0 aliphatic heterocycles. The highest BCUT2D eigenvalue weighted by Gasteiger charge is 2.59. The van der Waals surface area contributed by atoms with Gasteiger partial charge in [-0.2, -0.15) is 21.6 Å². The van der Waals surface area contributed by atoms with E-state index in [0.29, 0.717) is 31.1 Å². The average Bonchev–Trinajstić information content (AvgIpc) is 2.48. The molecular weight excluding hydrogens is 361 g/mol. The maximum absolute atomic E-state index is 12.5. The summed E-state index contributed by atoms with van der Waals surface area (Å²) in [6.45, 7) is 3.08. The maximum atomic E-state index is 12.5. The molecular formula is C16H21F3O5S. The first-order valence-electron chi connectivity index (χ1n) is 8.23. The van der Waals surface area contributed by atoms with Crippen LogP contribution in [0, 0.1) is 22.7 Å². The SMILES string of the molecule is C=CC(=O)OCC12CC3CC(C1)CC(COS(=O)(=O)C(F)(F)F)(C3)C2. The van der Waals surface area contributed by atoms with Crippen molar-refractivity contribution in [1.82, 2.24) is 0 Å². The predicted molar refractivity (Wildman–Crippen MR) is 81.6 cm³/mol. The van der Waals surface area contributed by atoms with Crippen molar-refractivity contribution in [3.8, 4) is 0 Å². The summed E-state index contributed by atoms with van der Waals surface area (Å²) in [4.78, 5) is 11.4. The summed E-state index contributed by atoms with van der Waals surface area (Å²) in [5.74, 6) is 0.0856. The molecule has 2 atom stereocenters. The number of alkyl halides is 3. The molecule has 2 unspecified atom stereocenters. The van der Waals surface area contributed by atoms with Gasteiger partial charge in [-0.15, -0.1) is 0 Å². The van der Waals surface area contributed by atoms with Crippen molar-refractivity contribution < 1.29 is 35.3 Å². The molecule has 4 aliphatic carbocycles. The minimum Gasteiger partial charge on any atom is -0.462 e. The second-order valence-corrected chi connectivity index (χ2v) is 9.54. The van der Waals surface area contributed by atoms with Crippen LogP contribution in [-0.2, 0) is 23.8 Å². The molecule has 142 valence electrons. The summed E-state index contributed by atoms with van der Waals surface area (Å²) in [6, 6.07) is 0. The van der Waals surface area contributed by atoms with Gasteiger partial charge in [0.15, 0.2) is 0 Å². The van der Waals surface area contributed by atoms with Crippen molar-refractivity contribution in [2.45, 2.75) is 44.0 Å². The molecule has 0 aromatic carbocycles. The molecule has 0 N–H and O–H groups in total. The highest BCUT2D eigenvalue weighted by Crippen LogP contribution is 2.65. The van der Waals surface area contributed by atoms with E-state index in [0.717, 1.165) is 25.3 Å². The molecule has 0 amide bonds. The summed E-state index contributed by atoms with van der Waals surface area (Å²) in [6.07, 6.45) is 5.61. The van der Waals surface area contributed by atoms with Gasteiger partial charge in [0.2, 0.25) is 0 Å². The fraction of sp³-hybridized carbons (Fsp3) is 0.812. The number of carbonyl (C=O) groups is 1. The lowest BCUT2D eigenvalue weighted by Gasteiger charge is -2.61. The van der Waals surface area contributed by atoms with Gasteiger partial charge in [-0.05, 0) is 55.8 Å². The van der Waals surface area contributed by atoms with Crippen LogP contribution in [0.1, 0.15) is 38.5 Å². The fourth-order valence-corrected chi connectivity index (χ4v) is 6.08. The van der Waals surface area contributed by atoms with Gasteiger partial charge in [-0.3, -0.25) is 4.18 Å². The van der Waals surface area contributed by atoms with Crippen molar-refractivity contribution in [2.75, 3.05) is 13.2 Å². The van der Waals surface area contributed by atoms with E-state index in [-0.39, 0.29) is 12.0 Å². The average molecular weight is 382 g/mol. The maximum Gasteiger partial charge on any atom is 0.523 e. The van der Waals surface area contributed by atoms with Crippen LogP contribution in [0.15, 0.2) is 12.7 Å². The van der Waals surface area contributed by atoms with Crippen LogP contribution in [0.4, 0.5) is 13.2 Å². The molecule has 4 saturated carbocycles. The third-order valence-corrected chi connectivity index (χ3v) is 6.79. The van der Waals surface area contributed by atoms with E-state index in [4.69, 9.17) is 4.74 Å². The molecule has 0 spiro atoms. The standard InChI is InChI=1S/C16H21F3O5S/c1-2-13(20)23-9-14-4-11-3-12(5-14)7-15(6-11,8-14)10-24-25(21,22)16(17,18)19/h2,11-12H,1,3-10H2.